The third kappa shape index (κ3) is 3.05. The van der Waals surface area contributed by atoms with E-state index in [0.29, 0.717) is 0 Å². The first kappa shape index (κ1) is 13.4. The summed E-state index contributed by atoms with van der Waals surface area (Å²) in [5, 5.41) is 33.6. The maximum absolute atomic E-state index is 11.9. The second kappa shape index (κ2) is 5.31. The molecule has 0 saturated carbocycles. The lowest BCUT2D eigenvalue weighted by molar-refractivity contribution is -0.137. The summed E-state index contributed by atoms with van der Waals surface area (Å²) in [4.78, 5) is 22.4. The van der Waals surface area contributed by atoms with E-state index in [0.717, 1.165) is 10.7 Å². The zero-order chi connectivity index (χ0) is 14.7. The third-order valence-corrected chi connectivity index (χ3v) is 2.41. The predicted octanol–water partition coefficient (Wildman–Crippen LogP) is 0.631. The molecule has 0 aliphatic rings. The molecule has 1 aromatic carbocycles. The summed E-state index contributed by atoms with van der Waals surface area (Å²) >= 11 is 0. The highest BCUT2D eigenvalue weighted by Crippen LogP contribution is 2.23. The van der Waals surface area contributed by atoms with Crippen molar-refractivity contribution in [3.8, 4) is 11.5 Å². The second-order valence-electron chi connectivity index (χ2n) is 3.98. The van der Waals surface area contributed by atoms with Crippen LogP contribution in [-0.2, 0) is 11.3 Å². The van der Waals surface area contributed by atoms with E-state index in [1.807, 2.05) is 0 Å². The van der Waals surface area contributed by atoms with Crippen LogP contribution in [0, 0.1) is 0 Å². The monoisotopic (exact) mass is 277 g/mol. The molecule has 20 heavy (non-hydrogen) atoms. The van der Waals surface area contributed by atoms with E-state index in [2.05, 4.69) is 10.4 Å². The normalized spacial score (nSPS) is 10.2. The van der Waals surface area contributed by atoms with Gasteiger partial charge in [0.25, 0.3) is 5.91 Å². The zero-order valence-corrected chi connectivity index (χ0v) is 10.1. The maximum Gasteiger partial charge on any atom is 0.325 e. The van der Waals surface area contributed by atoms with Gasteiger partial charge in [0.15, 0.2) is 0 Å². The van der Waals surface area contributed by atoms with E-state index in [1.165, 1.54) is 24.5 Å². The van der Waals surface area contributed by atoms with Gasteiger partial charge < -0.3 is 20.6 Å². The van der Waals surface area contributed by atoms with Gasteiger partial charge in [-0.2, -0.15) is 5.10 Å². The number of phenolic OH excluding ortho intramolecular Hbond substituents is 2. The Morgan fingerprint density at radius 2 is 2.05 bits per heavy atom. The van der Waals surface area contributed by atoms with Crippen LogP contribution in [0.2, 0.25) is 0 Å². The maximum atomic E-state index is 11.9. The van der Waals surface area contributed by atoms with Crippen molar-refractivity contribution in [2.45, 2.75) is 6.54 Å². The number of carbonyl (C=O) groups is 2. The predicted molar refractivity (Wildman–Crippen MR) is 67.6 cm³/mol. The number of aromatic hydroxyl groups is 2. The quantitative estimate of drug-likeness (QED) is 0.607. The Balaban J connectivity index is 2.13. The van der Waals surface area contributed by atoms with Crippen molar-refractivity contribution in [2.75, 3.05) is 5.32 Å². The van der Waals surface area contributed by atoms with Crippen LogP contribution >= 0.6 is 0 Å². The first-order valence-corrected chi connectivity index (χ1v) is 5.53. The number of carbonyl (C=O) groups excluding carboxylic acids is 1. The van der Waals surface area contributed by atoms with Gasteiger partial charge in [-0.25, -0.2) is 0 Å². The number of hydrogen-bond donors (Lipinski definition) is 4. The Morgan fingerprint density at radius 3 is 2.75 bits per heavy atom. The van der Waals surface area contributed by atoms with Gasteiger partial charge >= 0.3 is 5.97 Å². The lowest BCUT2D eigenvalue weighted by Crippen LogP contribution is -2.12. The van der Waals surface area contributed by atoms with Gasteiger partial charge in [0, 0.05) is 6.20 Å². The molecule has 1 heterocycles. The molecule has 2 rings (SSSR count). The van der Waals surface area contributed by atoms with Gasteiger partial charge in [-0.1, -0.05) is 0 Å². The fourth-order valence-electron chi connectivity index (χ4n) is 1.56. The van der Waals surface area contributed by atoms with Gasteiger partial charge in [-0.3, -0.25) is 14.3 Å². The first-order valence-electron chi connectivity index (χ1n) is 5.53. The fourth-order valence-corrected chi connectivity index (χ4v) is 1.56. The summed E-state index contributed by atoms with van der Waals surface area (Å²) in [5.74, 6) is -2.14. The average molecular weight is 277 g/mol. The van der Waals surface area contributed by atoms with E-state index in [4.69, 9.17) is 5.11 Å². The number of phenols is 2. The highest BCUT2D eigenvalue weighted by atomic mass is 16.4. The number of aliphatic carboxylic acids is 1. The van der Waals surface area contributed by atoms with E-state index in [-0.39, 0.29) is 29.3 Å². The topological polar surface area (TPSA) is 125 Å². The molecule has 0 radical (unpaired) electrons. The molecule has 0 fully saturated rings. The highest BCUT2D eigenvalue weighted by molar-refractivity contribution is 6.06. The number of nitrogens with zero attached hydrogens (tertiary/aromatic N) is 2. The van der Waals surface area contributed by atoms with Crippen LogP contribution in [0.5, 0.6) is 11.5 Å². The molecular weight excluding hydrogens is 266 g/mol. The second-order valence-corrected chi connectivity index (χ2v) is 3.98. The van der Waals surface area contributed by atoms with Crippen molar-refractivity contribution in [3.05, 3.63) is 36.2 Å². The molecule has 1 amide bonds. The van der Waals surface area contributed by atoms with E-state index < -0.39 is 11.9 Å². The smallest absolute Gasteiger partial charge is 0.325 e. The fraction of sp³-hybridized carbons (Fsp3) is 0.0833. The largest absolute Gasteiger partial charge is 0.508 e. The van der Waals surface area contributed by atoms with Crippen molar-refractivity contribution < 1.29 is 24.9 Å². The van der Waals surface area contributed by atoms with E-state index >= 15 is 0 Å². The summed E-state index contributed by atoms with van der Waals surface area (Å²) in [6.45, 7) is -0.326. The van der Waals surface area contributed by atoms with Crippen LogP contribution < -0.4 is 5.32 Å². The summed E-state index contributed by atoms with van der Waals surface area (Å²) in [6, 6.07) is 3.56. The van der Waals surface area contributed by atoms with Gasteiger partial charge in [0.1, 0.15) is 18.0 Å². The van der Waals surface area contributed by atoms with Crippen molar-refractivity contribution >= 4 is 17.6 Å². The number of benzene rings is 1. The Bertz CT molecular complexity index is 665. The van der Waals surface area contributed by atoms with Crippen molar-refractivity contribution in [1.29, 1.82) is 0 Å². The molecule has 2 aromatic rings. The van der Waals surface area contributed by atoms with Crippen LogP contribution in [0.25, 0.3) is 0 Å². The van der Waals surface area contributed by atoms with Gasteiger partial charge in [0.2, 0.25) is 0 Å². The molecule has 0 spiro atoms. The summed E-state index contributed by atoms with van der Waals surface area (Å²) in [6.07, 6.45) is 2.62. The molecular formula is C12H11N3O5. The number of carboxylic acids is 1. The third-order valence-electron chi connectivity index (χ3n) is 2.41. The van der Waals surface area contributed by atoms with Gasteiger partial charge in [0.05, 0.1) is 17.4 Å². The molecule has 4 N–H and O–H groups in total. The minimum atomic E-state index is -1.06. The van der Waals surface area contributed by atoms with Crippen molar-refractivity contribution in [1.82, 2.24) is 9.78 Å². The average Bonchev–Trinajstić information content (AvgIpc) is 2.78. The Kier molecular flexibility index (Phi) is 3.56. The SMILES string of the molecule is O=C(O)Cn1cc(NC(=O)c2cc(O)ccc2O)cn1. The van der Waals surface area contributed by atoms with Crippen LogP contribution in [0.1, 0.15) is 10.4 Å². The number of carboxylic acid groups (broad SMARTS) is 1. The zero-order valence-electron chi connectivity index (χ0n) is 10.1. The van der Waals surface area contributed by atoms with Crippen molar-refractivity contribution in [3.63, 3.8) is 0 Å². The van der Waals surface area contributed by atoms with Crippen LogP contribution in [0.4, 0.5) is 5.69 Å². The first-order chi connectivity index (χ1) is 9.45. The lowest BCUT2D eigenvalue weighted by Gasteiger charge is -2.05. The molecule has 0 bridgehead atoms. The van der Waals surface area contributed by atoms with Crippen LogP contribution in [0.15, 0.2) is 30.6 Å². The molecule has 1 aromatic heterocycles. The molecule has 0 aliphatic heterocycles. The number of nitrogens with one attached hydrogen (secondary N) is 1. The summed E-state index contributed by atoms with van der Waals surface area (Å²) in [7, 11) is 0. The molecule has 0 saturated heterocycles. The van der Waals surface area contributed by atoms with Gasteiger partial charge in [-0.15, -0.1) is 0 Å². The number of hydrogen-bond acceptors (Lipinski definition) is 5. The molecule has 0 aliphatic carbocycles. The number of anilines is 1. The van der Waals surface area contributed by atoms with E-state index in [1.54, 1.807) is 0 Å². The van der Waals surface area contributed by atoms with Crippen LogP contribution in [0.3, 0.4) is 0 Å². The molecule has 0 atom stereocenters. The number of aromatic nitrogens is 2. The number of amides is 1. The molecule has 104 valence electrons. The minimum absolute atomic E-state index is 0.101. The minimum Gasteiger partial charge on any atom is -0.508 e. The van der Waals surface area contributed by atoms with E-state index in [9.17, 15) is 19.8 Å². The Hall–Kier alpha value is -3.03. The molecule has 8 heteroatoms. The molecule has 0 unspecified atom stereocenters. The molecule has 8 nitrogen and oxygen atoms in total. The number of rotatable bonds is 4. The standard InChI is InChI=1S/C12H11N3O5/c16-8-1-2-10(17)9(3-8)12(20)14-7-4-13-15(5-7)6-11(18)19/h1-5,16-17H,6H2,(H,14,20)(H,18,19). The van der Waals surface area contributed by atoms with Crippen LogP contribution in [-0.4, -0.2) is 37.0 Å². The summed E-state index contributed by atoms with van der Waals surface area (Å²) in [5.41, 5.74) is 0.176. The van der Waals surface area contributed by atoms with Gasteiger partial charge in [-0.05, 0) is 18.2 Å². The van der Waals surface area contributed by atoms with Crippen molar-refractivity contribution in [2.24, 2.45) is 0 Å². The highest BCUT2D eigenvalue weighted by Gasteiger charge is 2.13. The lowest BCUT2D eigenvalue weighted by atomic mass is 10.1. The Morgan fingerprint density at radius 1 is 1.30 bits per heavy atom. The summed E-state index contributed by atoms with van der Waals surface area (Å²) < 4.78 is 1.14. The Labute approximate surface area is 112 Å².